The minimum Gasteiger partial charge on any atom is -0.309 e. The lowest BCUT2D eigenvalue weighted by molar-refractivity contribution is 1.18. The molecular weight excluding hydrogens is 569 g/mol. The molecule has 0 unspecified atom stereocenters. The van der Waals surface area contributed by atoms with Crippen LogP contribution in [0.15, 0.2) is 158 Å². The Kier molecular flexibility index (Phi) is 5.96. The predicted molar refractivity (Wildman–Crippen MR) is 189 cm³/mol. The number of para-hydroxylation sites is 4. The molecule has 0 aliphatic rings. The van der Waals surface area contributed by atoms with Crippen LogP contribution in [-0.4, -0.2) is 13.3 Å². The lowest BCUT2D eigenvalue weighted by atomic mass is 9.98. The summed E-state index contributed by atoms with van der Waals surface area (Å²) < 4.78 is 12.2. The van der Waals surface area contributed by atoms with Crippen LogP contribution in [0.3, 0.4) is 0 Å². The lowest BCUT2D eigenvalue weighted by Gasteiger charge is -2.25. The van der Waals surface area contributed by atoms with Crippen LogP contribution in [0.2, 0.25) is 0 Å². The molecule has 0 saturated heterocycles. The molecule has 0 fully saturated rings. The fourth-order valence-corrected chi connectivity index (χ4v) is 7.30. The molecule has 0 saturated carbocycles. The predicted octanol–water partition coefficient (Wildman–Crippen LogP) is 11.1. The number of hydrogen-bond donors (Lipinski definition) is 0. The Balaban J connectivity index is 1.35. The fourth-order valence-electron chi connectivity index (χ4n) is 6.73. The Hall–Kier alpha value is -5.78. The highest BCUT2D eigenvalue weighted by molar-refractivity contribution is 7.00. The zero-order chi connectivity index (χ0) is 29.7. The van der Waals surface area contributed by atoms with Crippen molar-refractivity contribution in [1.82, 2.24) is 13.3 Å². The molecule has 0 atom stereocenters. The Bertz CT molecular complexity index is 2440. The molecule has 45 heavy (non-hydrogen) atoms. The highest BCUT2D eigenvalue weighted by atomic mass is 32.1. The summed E-state index contributed by atoms with van der Waals surface area (Å²) in [5.74, 6) is 0. The van der Waals surface area contributed by atoms with Gasteiger partial charge in [0.25, 0.3) is 0 Å². The topological polar surface area (TPSA) is 34.0 Å². The average molecular weight is 595 g/mol. The molecule has 4 nitrogen and oxygen atoms in total. The van der Waals surface area contributed by atoms with Crippen LogP contribution in [0, 0.1) is 0 Å². The van der Waals surface area contributed by atoms with E-state index in [0.717, 1.165) is 44.9 Å². The van der Waals surface area contributed by atoms with Gasteiger partial charge in [-0.25, -0.2) is 0 Å². The van der Waals surface area contributed by atoms with Crippen LogP contribution in [0.5, 0.6) is 0 Å². The SMILES string of the molecule is c1ccc(N(c2ccccc2)c2ccc(-c3cccc4c5c6ccccc6ccc5n(-c5ccccc5)c34)c3nsnc23)cc1. The van der Waals surface area contributed by atoms with Gasteiger partial charge in [0.05, 0.1) is 28.4 Å². The third-order valence-corrected chi connectivity index (χ3v) is 9.17. The van der Waals surface area contributed by atoms with Crippen molar-refractivity contribution in [3.8, 4) is 16.8 Å². The van der Waals surface area contributed by atoms with Crippen molar-refractivity contribution in [3.05, 3.63) is 158 Å². The lowest BCUT2D eigenvalue weighted by Crippen LogP contribution is -2.10. The summed E-state index contributed by atoms with van der Waals surface area (Å²) >= 11 is 1.26. The van der Waals surface area contributed by atoms with Crippen molar-refractivity contribution in [2.75, 3.05) is 4.90 Å². The van der Waals surface area contributed by atoms with Gasteiger partial charge in [-0.05, 0) is 65.4 Å². The number of hydrogen-bond acceptors (Lipinski definition) is 4. The average Bonchev–Trinajstić information content (AvgIpc) is 3.74. The van der Waals surface area contributed by atoms with E-state index in [9.17, 15) is 0 Å². The van der Waals surface area contributed by atoms with Crippen molar-refractivity contribution in [3.63, 3.8) is 0 Å². The van der Waals surface area contributed by atoms with E-state index in [0.29, 0.717) is 0 Å². The number of rotatable bonds is 5. The van der Waals surface area contributed by atoms with E-state index in [1.165, 1.54) is 44.3 Å². The van der Waals surface area contributed by atoms with E-state index in [4.69, 9.17) is 8.75 Å². The Morgan fingerprint density at radius 2 is 1.13 bits per heavy atom. The van der Waals surface area contributed by atoms with Crippen molar-refractivity contribution in [2.24, 2.45) is 0 Å². The minimum absolute atomic E-state index is 0.884. The standard InChI is InChI=1S/C40H26N4S/c1-4-14-28(15-5-1)43(29-16-6-2-7-17-29)36-26-24-32(38-39(36)42-45-41-38)33-21-12-22-34-37-31-20-11-10-13-27(31)23-25-35(37)44(40(33)34)30-18-8-3-9-19-30/h1-26H. The van der Waals surface area contributed by atoms with Crippen molar-refractivity contribution in [2.45, 2.75) is 0 Å². The summed E-state index contributed by atoms with van der Waals surface area (Å²) in [6.45, 7) is 0. The maximum Gasteiger partial charge on any atom is 0.129 e. The van der Waals surface area contributed by atoms with Crippen molar-refractivity contribution < 1.29 is 0 Å². The Labute approximate surface area is 264 Å². The van der Waals surface area contributed by atoms with Crippen LogP contribution in [-0.2, 0) is 0 Å². The van der Waals surface area contributed by atoms with E-state index in [-0.39, 0.29) is 0 Å². The van der Waals surface area contributed by atoms with Gasteiger partial charge in [-0.3, -0.25) is 0 Å². The number of benzene rings is 7. The summed E-state index contributed by atoms with van der Waals surface area (Å²) in [6.07, 6.45) is 0. The Morgan fingerprint density at radius 3 is 1.89 bits per heavy atom. The number of fused-ring (bicyclic) bond motifs is 6. The molecule has 9 aromatic rings. The summed E-state index contributed by atoms with van der Waals surface area (Å²) in [4.78, 5) is 2.27. The van der Waals surface area contributed by atoms with Crippen LogP contribution in [0.1, 0.15) is 0 Å². The quantitative estimate of drug-likeness (QED) is 0.199. The first-order valence-electron chi connectivity index (χ1n) is 15.0. The molecule has 2 heterocycles. The second-order valence-electron chi connectivity index (χ2n) is 11.2. The van der Waals surface area contributed by atoms with Crippen LogP contribution in [0.25, 0.3) is 60.4 Å². The molecule has 9 rings (SSSR count). The van der Waals surface area contributed by atoms with Crippen LogP contribution < -0.4 is 4.90 Å². The van der Waals surface area contributed by atoms with Crippen molar-refractivity contribution >= 4 is 72.4 Å². The highest BCUT2D eigenvalue weighted by Crippen LogP contribution is 2.45. The molecule has 0 spiro atoms. The molecular formula is C40H26N4S. The van der Waals surface area contributed by atoms with Gasteiger partial charge in [-0.1, -0.05) is 103 Å². The molecule has 7 aromatic carbocycles. The van der Waals surface area contributed by atoms with Gasteiger partial charge in [0.15, 0.2) is 0 Å². The zero-order valence-electron chi connectivity index (χ0n) is 24.2. The third-order valence-electron chi connectivity index (χ3n) is 8.65. The molecule has 5 heteroatoms. The maximum absolute atomic E-state index is 4.93. The summed E-state index contributed by atoms with van der Waals surface area (Å²) in [5.41, 5.74) is 10.6. The van der Waals surface area contributed by atoms with E-state index in [2.05, 4.69) is 155 Å². The number of aromatic nitrogens is 3. The first-order valence-corrected chi connectivity index (χ1v) is 15.8. The van der Waals surface area contributed by atoms with Gasteiger partial charge in [0.2, 0.25) is 0 Å². The van der Waals surface area contributed by atoms with Gasteiger partial charge in [0, 0.05) is 39.0 Å². The molecule has 0 N–H and O–H groups in total. The van der Waals surface area contributed by atoms with Gasteiger partial charge < -0.3 is 9.47 Å². The third kappa shape index (κ3) is 4.05. The van der Waals surface area contributed by atoms with E-state index in [1.807, 2.05) is 12.1 Å². The summed E-state index contributed by atoms with van der Waals surface area (Å²) in [7, 11) is 0. The zero-order valence-corrected chi connectivity index (χ0v) is 25.0. The second kappa shape index (κ2) is 10.4. The molecule has 0 radical (unpaired) electrons. The summed E-state index contributed by atoms with van der Waals surface area (Å²) in [5, 5.41) is 4.97. The fraction of sp³-hybridized carbons (Fsp3) is 0. The molecule has 0 bridgehead atoms. The highest BCUT2D eigenvalue weighted by Gasteiger charge is 2.23. The van der Waals surface area contributed by atoms with Gasteiger partial charge in [0.1, 0.15) is 11.0 Å². The van der Waals surface area contributed by atoms with Gasteiger partial charge >= 0.3 is 0 Å². The molecule has 2 aromatic heterocycles. The first-order chi connectivity index (χ1) is 22.4. The van der Waals surface area contributed by atoms with E-state index in [1.54, 1.807) is 0 Å². The minimum atomic E-state index is 0.884. The molecule has 0 aliphatic heterocycles. The summed E-state index contributed by atoms with van der Waals surface area (Å²) in [6, 6.07) is 55.8. The normalized spacial score (nSPS) is 11.6. The maximum atomic E-state index is 4.93. The monoisotopic (exact) mass is 594 g/mol. The smallest absolute Gasteiger partial charge is 0.129 e. The Morgan fingerprint density at radius 1 is 0.489 bits per heavy atom. The van der Waals surface area contributed by atoms with Gasteiger partial charge in [-0.2, -0.15) is 8.75 Å². The molecule has 0 amide bonds. The first kappa shape index (κ1) is 25.7. The largest absolute Gasteiger partial charge is 0.309 e. The van der Waals surface area contributed by atoms with E-state index < -0.39 is 0 Å². The molecule has 0 aliphatic carbocycles. The van der Waals surface area contributed by atoms with Crippen molar-refractivity contribution in [1.29, 1.82) is 0 Å². The van der Waals surface area contributed by atoms with E-state index >= 15 is 0 Å². The van der Waals surface area contributed by atoms with Gasteiger partial charge in [-0.15, -0.1) is 0 Å². The van der Waals surface area contributed by atoms with Crippen LogP contribution in [0.4, 0.5) is 17.1 Å². The van der Waals surface area contributed by atoms with Crippen LogP contribution >= 0.6 is 11.7 Å². The number of nitrogens with zero attached hydrogens (tertiary/aromatic N) is 4. The number of anilines is 3. The molecule has 212 valence electrons. The second-order valence-corrected chi connectivity index (χ2v) is 11.7.